The predicted molar refractivity (Wildman–Crippen MR) is 85.6 cm³/mol. The van der Waals surface area contributed by atoms with Gasteiger partial charge in [0.25, 0.3) is 0 Å². The van der Waals surface area contributed by atoms with Crippen molar-refractivity contribution < 1.29 is 9.90 Å². The van der Waals surface area contributed by atoms with E-state index in [4.69, 9.17) is 0 Å². The Kier molecular flexibility index (Phi) is 4.43. The first-order chi connectivity index (χ1) is 11.1. The van der Waals surface area contributed by atoms with Crippen molar-refractivity contribution in [1.82, 2.24) is 19.9 Å². The molecule has 0 saturated carbocycles. The summed E-state index contributed by atoms with van der Waals surface area (Å²) in [7, 11) is 0. The minimum absolute atomic E-state index is 0.0378. The average molecular weight is 314 g/mol. The number of aromatic nitrogens is 3. The lowest BCUT2D eigenvalue weighted by Gasteiger charge is -2.29. The van der Waals surface area contributed by atoms with E-state index in [9.17, 15) is 9.90 Å². The molecule has 6 heteroatoms. The zero-order chi connectivity index (χ0) is 16.4. The molecule has 0 unspecified atom stereocenters. The van der Waals surface area contributed by atoms with Gasteiger partial charge in [0.15, 0.2) is 0 Å². The Morgan fingerprint density at radius 3 is 2.74 bits per heavy atom. The second kappa shape index (κ2) is 6.50. The van der Waals surface area contributed by atoms with Gasteiger partial charge in [0, 0.05) is 13.1 Å². The molecule has 0 atom stereocenters. The molecule has 0 fully saturated rings. The Morgan fingerprint density at radius 2 is 2.04 bits per heavy atom. The zero-order valence-electron chi connectivity index (χ0n) is 13.6. The van der Waals surface area contributed by atoms with E-state index in [0.717, 1.165) is 18.7 Å². The summed E-state index contributed by atoms with van der Waals surface area (Å²) in [5.41, 5.74) is 3.92. The maximum atomic E-state index is 12.6. The smallest absolute Gasteiger partial charge is 0.244 e. The highest BCUT2D eigenvalue weighted by molar-refractivity contribution is 5.76. The van der Waals surface area contributed by atoms with E-state index in [1.54, 1.807) is 4.68 Å². The van der Waals surface area contributed by atoms with Gasteiger partial charge in [-0.2, -0.15) is 0 Å². The van der Waals surface area contributed by atoms with Crippen molar-refractivity contribution in [2.75, 3.05) is 6.54 Å². The van der Waals surface area contributed by atoms with Crippen LogP contribution in [0.3, 0.4) is 0 Å². The molecule has 0 aliphatic carbocycles. The summed E-state index contributed by atoms with van der Waals surface area (Å²) < 4.78 is 1.62. The molecule has 122 valence electrons. The molecule has 0 saturated heterocycles. The second-order valence-electron chi connectivity index (χ2n) is 6.23. The van der Waals surface area contributed by atoms with E-state index in [-0.39, 0.29) is 25.0 Å². The molecule has 1 aliphatic rings. The number of carbonyl (C=O) groups excluding carboxylic acids is 1. The number of nitrogens with zero attached hydrogens (tertiary/aromatic N) is 4. The van der Waals surface area contributed by atoms with Crippen LogP contribution in [0.25, 0.3) is 0 Å². The summed E-state index contributed by atoms with van der Waals surface area (Å²) in [5.74, 6) is 0.192. The number of amides is 1. The molecule has 23 heavy (non-hydrogen) atoms. The Bertz CT molecular complexity index is 708. The summed E-state index contributed by atoms with van der Waals surface area (Å²) >= 11 is 0. The number of rotatable bonds is 4. The topological polar surface area (TPSA) is 71.2 Å². The molecule has 1 aliphatic heterocycles. The van der Waals surface area contributed by atoms with E-state index in [1.807, 2.05) is 30.9 Å². The van der Waals surface area contributed by atoms with Gasteiger partial charge in [-0.3, -0.25) is 4.79 Å². The van der Waals surface area contributed by atoms with Gasteiger partial charge < -0.3 is 10.0 Å². The summed E-state index contributed by atoms with van der Waals surface area (Å²) in [6.07, 6.45) is 0.887. The number of benzene rings is 1. The summed E-state index contributed by atoms with van der Waals surface area (Å²) in [6.45, 7) is 5.41. The minimum atomic E-state index is -0.154. The maximum absolute atomic E-state index is 12.6. The lowest BCUT2D eigenvalue weighted by molar-refractivity contribution is -0.133. The van der Waals surface area contributed by atoms with Crippen LogP contribution in [0.2, 0.25) is 0 Å². The normalized spacial score (nSPS) is 14.2. The van der Waals surface area contributed by atoms with Crippen LogP contribution in [0.1, 0.15) is 42.3 Å². The van der Waals surface area contributed by atoms with Gasteiger partial charge in [0.2, 0.25) is 5.91 Å². The molecule has 2 heterocycles. The lowest BCUT2D eigenvalue weighted by Crippen LogP contribution is -2.38. The van der Waals surface area contributed by atoms with E-state index in [0.29, 0.717) is 12.2 Å². The largest absolute Gasteiger partial charge is 0.390 e. The quantitative estimate of drug-likeness (QED) is 0.928. The van der Waals surface area contributed by atoms with Gasteiger partial charge in [-0.05, 0) is 23.5 Å². The molecule has 3 rings (SSSR count). The second-order valence-corrected chi connectivity index (χ2v) is 6.23. The summed E-state index contributed by atoms with van der Waals surface area (Å²) in [5, 5.41) is 17.4. The first-order valence-corrected chi connectivity index (χ1v) is 7.97. The third-order valence-electron chi connectivity index (χ3n) is 4.31. The Balaban J connectivity index is 1.75. The van der Waals surface area contributed by atoms with Gasteiger partial charge >= 0.3 is 0 Å². The van der Waals surface area contributed by atoms with Crippen molar-refractivity contribution >= 4 is 5.91 Å². The molecule has 0 spiro atoms. The summed E-state index contributed by atoms with van der Waals surface area (Å²) in [6, 6.07) is 8.25. The third kappa shape index (κ3) is 3.12. The van der Waals surface area contributed by atoms with Crippen molar-refractivity contribution in [2.24, 2.45) is 0 Å². The van der Waals surface area contributed by atoms with Gasteiger partial charge in [0.1, 0.15) is 12.2 Å². The van der Waals surface area contributed by atoms with E-state index in [1.165, 1.54) is 11.1 Å². The number of hydrogen-bond donors (Lipinski definition) is 1. The van der Waals surface area contributed by atoms with Crippen LogP contribution in [-0.2, 0) is 30.9 Å². The number of fused-ring (bicyclic) bond motifs is 1. The van der Waals surface area contributed by atoms with Crippen molar-refractivity contribution in [3.05, 3.63) is 46.8 Å². The standard InChI is InChI=1S/C17H22N4O2/c1-12(2)17-15(11-22)18-19-21(17)10-16(23)20-8-7-13-5-3-4-6-14(13)9-20/h3-6,12,22H,7-11H2,1-2H3. The Hall–Kier alpha value is -2.21. The molecular weight excluding hydrogens is 292 g/mol. The van der Waals surface area contributed by atoms with Crippen LogP contribution in [0.5, 0.6) is 0 Å². The van der Waals surface area contributed by atoms with Crippen LogP contribution >= 0.6 is 0 Å². The zero-order valence-corrected chi connectivity index (χ0v) is 13.6. The Morgan fingerprint density at radius 1 is 1.30 bits per heavy atom. The fourth-order valence-electron chi connectivity index (χ4n) is 3.15. The number of carbonyl (C=O) groups is 1. The maximum Gasteiger partial charge on any atom is 0.244 e. The average Bonchev–Trinajstić information content (AvgIpc) is 2.97. The summed E-state index contributed by atoms with van der Waals surface area (Å²) in [4.78, 5) is 14.5. The van der Waals surface area contributed by atoms with Crippen molar-refractivity contribution in [1.29, 1.82) is 0 Å². The number of aliphatic hydroxyl groups excluding tert-OH is 1. The van der Waals surface area contributed by atoms with Crippen LogP contribution in [-0.4, -0.2) is 37.5 Å². The molecule has 0 bridgehead atoms. The molecule has 1 N–H and O–H groups in total. The predicted octanol–water partition coefficient (Wildman–Crippen LogP) is 1.48. The van der Waals surface area contributed by atoms with Crippen LogP contribution in [0.15, 0.2) is 24.3 Å². The Labute approximate surface area is 135 Å². The van der Waals surface area contributed by atoms with Crippen LogP contribution < -0.4 is 0 Å². The van der Waals surface area contributed by atoms with Crippen LogP contribution in [0.4, 0.5) is 0 Å². The highest BCUT2D eigenvalue weighted by atomic mass is 16.3. The fraction of sp³-hybridized carbons (Fsp3) is 0.471. The van der Waals surface area contributed by atoms with Crippen molar-refractivity contribution in [3.63, 3.8) is 0 Å². The van der Waals surface area contributed by atoms with Gasteiger partial charge in [-0.25, -0.2) is 4.68 Å². The molecule has 6 nitrogen and oxygen atoms in total. The van der Waals surface area contributed by atoms with Crippen molar-refractivity contribution in [3.8, 4) is 0 Å². The van der Waals surface area contributed by atoms with Gasteiger partial charge in [0.05, 0.1) is 12.3 Å². The lowest BCUT2D eigenvalue weighted by atomic mass is 10.00. The minimum Gasteiger partial charge on any atom is -0.390 e. The number of aliphatic hydroxyl groups is 1. The van der Waals surface area contributed by atoms with Crippen LogP contribution in [0, 0.1) is 0 Å². The van der Waals surface area contributed by atoms with Crippen molar-refractivity contribution in [2.45, 2.75) is 45.9 Å². The molecule has 1 aromatic heterocycles. The molecule has 0 radical (unpaired) electrons. The van der Waals surface area contributed by atoms with E-state index >= 15 is 0 Å². The first-order valence-electron chi connectivity index (χ1n) is 7.97. The van der Waals surface area contributed by atoms with E-state index in [2.05, 4.69) is 22.4 Å². The monoisotopic (exact) mass is 314 g/mol. The molecule has 1 amide bonds. The van der Waals surface area contributed by atoms with Gasteiger partial charge in [-0.15, -0.1) is 5.10 Å². The molecule has 1 aromatic carbocycles. The molecular formula is C17H22N4O2. The first kappa shape index (κ1) is 15.7. The fourth-order valence-corrected chi connectivity index (χ4v) is 3.15. The highest BCUT2D eigenvalue weighted by Gasteiger charge is 2.23. The van der Waals surface area contributed by atoms with E-state index < -0.39 is 0 Å². The van der Waals surface area contributed by atoms with Gasteiger partial charge in [-0.1, -0.05) is 43.3 Å². The SMILES string of the molecule is CC(C)c1c(CO)nnn1CC(=O)N1CCc2ccccc2C1. The highest BCUT2D eigenvalue weighted by Crippen LogP contribution is 2.20. The molecule has 2 aromatic rings. The number of hydrogen-bond acceptors (Lipinski definition) is 4. The third-order valence-corrected chi connectivity index (χ3v) is 4.31.